The zero-order valence-corrected chi connectivity index (χ0v) is 17.7. The summed E-state index contributed by atoms with van der Waals surface area (Å²) in [6.45, 7) is 5.47. The number of aryl methyl sites for hydroxylation is 2. The molecule has 1 saturated heterocycles. The molecule has 152 valence electrons. The highest BCUT2D eigenvalue weighted by Crippen LogP contribution is 2.54. The highest BCUT2D eigenvalue weighted by molar-refractivity contribution is 8.01. The number of methoxy groups -OCH3 is 1. The van der Waals surface area contributed by atoms with E-state index in [0.717, 1.165) is 22.5 Å². The Morgan fingerprint density at radius 3 is 2.76 bits per heavy atom. The molecule has 2 aromatic carbocycles. The van der Waals surface area contributed by atoms with E-state index in [9.17, 15) is 9.59 Å². The topological polar surface area (TPSA) is 61.9 Å². The number of benzene rings is 2. The van der Waals surface area contributed by atoms with Gasteiger partial charge < -0.3 is 15.0 Å². The first-order valence-corrected chi connectivity index (χ1v) is 10.7. The Bertz CT molecular complexity index is 964. The Balaban J connectivity index is 1.68. The fourth-order valence-electron chi connectivity index (χ4n) is 3.98. The summed E-state index contributed by atoms with van der Waals surface area (Å²) in [5.74, 6) is 0.631. The number of anilines is 2. The van der Waals surface area contributed by atoms with Crippen molar-refractivity contribution in [2.24, 2.45) is 0 Å². The van der Waals surface area contributed by atoms with Crippen molar-refractivity contribution in [1.82, 2.24) is 4.90 Å². The number of carbonyl (C=O) groups is 2. The number of hydrogen-bond donors (Lipinski definition) is 1. The summed E-state index contributed by atoms with van der Waals surface area (Å²) in [6.07, 6.45) is 0. The van der Waals surface area contributed by atoms with Gasteiger partial charge in [0.1, 0.15) is 0 Å². The third-order valence-electron chi connectivity index (χ3n) is 5.62. The summed E-state index contributed by atoms with van der Waals surface area (Å²) in [5.41, 5.74) is 4.75. The van der Waals surface area contributed by atoms with Crippen LogP contribution in [-0.4, -0.2) is 49.4 Å². The number of nitrogens with zero attached hydrogens (tertiary/aromatic N) is 2. The molecule has 1 N–H and O–H groups in total. The second-order valence-corrected chi connectivity index (χ2v) is 8.63. The minimum atomic E-state index is -1.02. The number of nitrogens with one attached hydrogen (secondary N) is 1. The van der Waals surface area contributed by atoms with Crippen LogP contribution in [0.4, 0.5) is 16.2 Å². The van der Waals surface area contributed by atoms with Crippen LogP contribution in [0.1, 0.15) is 16.7 Å². The lowest BCUT2D eigenvalue weighted by Crippen LogP contribution is -2.52. The van der Waals surface area contributed by atoms with Crippen molar-refractivity contribution in [3.63, 3.8) is 0 Å². The van der Waals surface area contributed by atoms with E-state index in [1.54, 1.807) is 16.9 Å². The van der Waals surface area contributed by atoms with E-state index in [1.165, 1.54) is 17.3 Å². The van der Waals surface area contributed by atoms with Gasteiger partial charge in [0.15, 0.2) is 4.87 Å². The molecule has 0 aromatic heterocycles. The fourth-order valence-corrected chi connectivity index (χ4v) is 5.44. The molecular weight excluding hydrogens is 386 g/mol. The van der Waals surface area contributed by atoms with Crippen LogP contribution >= 0.6 is 11.8 Å². The van der Waals surface area contributed by atoms with E-state index < -0.39 is 4.87 Å². The molecule has 0 saturated carbocycles. The van der Waals surface area contributed by atoms with E-state index >= 15 is 0 Å². The highest BCUT2D eigenvalue weighted by atomic mass is 32.2. The first-order valence-electron chi connectivity index (χ1n) is 9.69. The average molecular weight is 412 g/mol. The van der Waals surface area contributed by atoms with Gasteiger partial charge in [-0.25, -0.2) is 4.79 Å². The van der Waals surface area contributed by atoms with Gasteiger partial charge in [-0.2, -0.15) is 0 Å². The third kappa shape index (κ3) is 3.18. The maximum Gasteiger partial charge on any atom is 0.323 e. The predicted molar refractivity (Wildman–Crippen MR) is 116 cm³/mol. The molecule has 29 heavy (non-hydrogen) atoms. The van der Waals surface area contributed by atoms with Gasteiger partial charge in [-0.3, -0.25) is 9.69 Å². The zero-order valence-electron chi connectivity index (χ0n) is 16.9. The summed E-state index contributed by atoms with van der Waals surface area (Å²) in [4.78, 5) is 29.2. The molecule has 0 bridgehead atoms. The second kappa shape index (κ2) is 7.72. The molecule has 0 unspecified atom stereocenters. The molecule has 4 rings (SSSR count). The van der Waals surface area contributed by atoms with Gasteiger partial charge in [0.05, 0.1) is 12.3 Å². The maximum atomic E-state index is 13.6. The summed E-state index contributed by atoms with van der Waals surface area (Å²) < 4.78 is 5.20. The highest BCUT2D eigenvalue weighted by Gasteiger charge is 2.59. The first kappa shape index (κ1) is 19.8. The quantitative estimate of drug-likeness (QED) is 0.833. The number of thioether (sulfide) groups is 1. The molecule has 2 aromatic rings. The van der Waals surface area contributed by atoms with Crippen LogP contribution < -0.4 is 10.2 Å². The Kier molecular flexibility index (Phi) is 5.27. The summed E-state index contributed by atoms with van der Waals surface area (Å²) >= 11 is 1.53. The van der Waals surface area contributed by atoms with Gasteiger partial charge in [0, 0.05) is 37.2 Å². The molecule has 0 radical (unpaired) electrons. The van der Waals surface area contributed by atoms with E-state index in [4.69, 9.17) is 4.74 Å². The van der Waals surface area contributed by atoms with Crippen molar-refractivity contribution in [2.75, 3.05) is 42.8 Å². The van der Waals surface area contributed by atoms with Crippen LogP contribution in [0.3, 0.4) is 0 Å². The van der Waals surface area contributed by atoms with E-state index in [-0.39, 0.29) is 11.9 Å². The van der Waals surface area contributed by atoms with Gasteiger partial charge in [0.2, 0.25) is 0 Å². The number of ether oxygens (including phenoxy) is 1. The Hall–Kier alpha value is -2.51. The molecule has 0 aliphatic carbocycles. The number of hydrogen-bond acceptors (Lipinski definition) is 4. The Morgan fingerprint density at radius 2 is 2.00 bits per heavy atom. The van der Waals surface area contributed by atoms with E-state index in [1.807, 2.05) is 56.3 Å². The van der Waals surface area contributed by atoms with Crippen molar-refractivity contribution in [3.05, 3.63) is 59.2 Å². The summed E-state index contributed by atoms with van der Waals surface area (Å²) in [7, 11) is 1.62. The van der Waals surface area contributed by atoms with Crippen molar-refractivity contribution < 1.29 is 14.3 Å². The van der Waals surface area contributed by atoms with Gasteiger partial charge in [-0.15, -0.1) is 11.8 Å². The van der Waals surface area contributed by atoms with Crippen LogP contribution in [0.5, 0.6) is 0 Å². The summed E-state index contributed by atoms with van der Waals surface area (Å²) in [6, 6.07) is 13.3. The number of urea groups is 1. The molecule has 1 spiro atoms. The molecule has 7 heteroatoms. The van der Waals surface area contributed by atoms with Gasteiger partial charge in [-0.1, -0.05) is 24.3 Å². The van der Waals surface area contributed by atoms with Crippen LogP contribution in [-0.2, 0) is 14.4 Å². The molecule has 1 fully saturated rings. The normalized spacial score (nSPS) is 20.4. The summed E-state index contributed by atoms with van der Waals surface area (Å²) in [5, 5.41) is 2.99. The van der Waals surface area contributed by atoms with Crippen molar-refractivity contribution in [1.29, 1.82) is 0 Å². The SMILES string of the molecule is COCCN1C(=O)[C@@]2(SCCN2C(=O)Nc2ccc(C)c(C)c2)c2ccccc21. The Labute approximate surface area is 175 Å². The molecule has 2 aliphatic rings. The number of carbonyl (C=O) groups excluding carboxylic acids is 2. The number of para-hydroxylation sites is 1. The maximum absolute atomic E-state index is 13.6. The van der Waals surface area contributed by atoms with Gasteiger partial charge in [0.25, 0.3) is 5.91 Å². The number of fused-ring (bicyclic) bond motifs is 2. The molecular formula is C22H25N3O3S. The van der Waals surface area contributed by atoms with Crippen LogP contribution in [0.25, 0.3) is 0 Å². The lowest BCUT2D eigenvalue weighted by atomic mass is 10.1. The Morgan fingerprint density at radius 1 is 1.21 bits per heavy atom. The third-order valence-corrected chi connectivity index (χ3v) is 7.04. The van der Waals surface area contributed by atoms with Crippen molar-refractivity contribution >= 4 is 35.1 Å². The first-order chi connectivity index (χ1) is 14.0. The molecule has 6 nitrogen and oxygen atoms in total. The average Bonchev–Trinajstić information content (AvgIpc) is 3.26. The van der Waals surface area contributed by atoms with E-state index in [0.29, 0.717) is 25.4 Å². The molecule has 1 atom stereocenters. The molecule has 2 heterocycles. The van der Waals surface area contributed by atoms with Crippen LogP contribution in [0.15, 0.2) is 42.5 Å². The largest absolute Gasteiger partial charge is 0.383 e. The fraction of sp³-hybridized carbons (Fsp3) is 0.364. The number of amides is 3. The van der Waals surface area contributed by atoms with Gasteiger partial charge >= 0.3 is 6.03 Å². The predicted octanol–water partition coefficient (Wildman–Crippen LogP) is 3.73. The molecule has 2 aliphatic heterocycles. The standard InChI is InChI=1S/C22H25N3O3S/c1-15-8-9-17(14-16(15)2)23-21(27)25-11-13-29-22(25)18-6-4-5-7-19(18)24(20(22)26)10-12-28-3/h4-9,14H,10-13H2,1-3H3,(H,23,27)/t22-/m0/s1. The lowest BCUT2D eigenvalue weighted by Gasteiger charge is -2.33. The van der Waals surface area contributed by atoms with Crippen molar-refractivity contribution in [2.45, 2.75) is 18.7 Å². The minimum Gasteiger partial charge on any atom is -0.383 e. The monoisotopic (exact) mass is 411 g/mol. The second-order valence-electron chi connectivity index (χ2n) is 7.34. The smallest absolute Gasteiger partial charge is 0.323 e. The van der Waals surface area contributed by atoms with Crippen molar-refractivity contribution in [3.8, 4) is 0 Å². The van der Waals surface area contributed by atoms with Gasteiger partial charge in [-0.05, 0) is 43.2 Å². The minimum absolute atomic E-state index is 0.0755. The van der Waals surface area contributed by atoms with Crippen LogP contribution in [0.2, 0.25) is 0 Å². The van der Waals surface area contributed by atoms with Crippen LogP contribution in [0, 0.1) is 13.8 Å². The number of rotatable bonds is 4. The van der Waals surface area contributed by atoms with E-state index in [2.05, 4.69) is 5.32 Å². The molecule has 3 amide bonds. The lowest BCUT2D eigenvalue weighted by molar-refractivity contribution is -0.123. The zero-order chi connectivity index (χ0) is 20.6.